The zero-order valence-electron chi connectivity index (χ0n) is 23.1. The SMILES string of the molecule is [N-]=[N+]=NC1[C@H](O[C@H]2C(N=[N+]=[N-])C[C@@H](N=[N+]=[N-])C3OC4(CCCCC4)O[C@H]32)OC2COC3(CCCCC3)O[C@@H]2[C@@H]1N=[N+]=[N-]. The molecular weight excluding hydrogens is 552 g/mol. The number of hydrogen-bond donors (Lipinski definition) is 0. The van der Waals surface area contributed by atoms with Crippen molar-refractivity contribution in [3.8, 4) is 0 Å². The summed E-state index contributed by atoms with van der Waals surface area (Å²) in [6.45, 7) is 0.170. The van der Waals surface area contributed by atoms with Gasteiger partial charge in [0.2, 0.25) is 0 Å². The number of azide groups is 4. The van der Waals surface area contributed by atoms with Crippen LogP contribution in [0.5, 0.6) is 0 Å². The lowest BCUT2D eigenvalue weighted by atomic mass is 9.84. The van der Waals surface area contributed by atoms with Gasteiger partial charge in [0.05, 0.1) is 49.1 Å². The topological polar surface area (TPSA) is 250 Å². The van der Waals surface area contributed by atoms with Crippen LogP contribution < -0.4 is 0 Å². The van der Waals surface area contributed by atoms with Crippen LogP contribution >= 0.6 is 0 Å². The van der Waals surface area contributed by atoms with E-state index in [1.807, 2.05) is 0 Å². The van der Waals surface area contributed by atoms with Crippen LogP contribution in [0.1, 0.15) is 70.6 Å². The van der Waals surface area contributed by atoms with Crippen molar-refractivity contribution in [2.75, 3.05) is 6.61 Å². The van der Waals surface area contributed by atoms with Gasteiger partial charge >= 0.3 is 0 Å². The van der Waals surface area contributed by atoms with Crippen molar-refractivity contribution >= 4 is 0 Å². The molecule has 18 heteroatoms. The maximum absolute atomic E-state index is 9.50. The molecule has 0 radical (unpaired) electrons. The molecule has 0 aromatic rings. The van der Waals surface area contributed by atoms with E-state index in [0.29, 0.717) is 25.7 Å². The van der Waals surface area contributed by atoms with E-state index < -0.39 is 72.6 Å². The Balaban J connectivity index is 1.31. The predicted molar refractivity (Wildman–Crippen MR) is 142 cm³/mol. The molecule has 6 aliphatic rings. The Labute approximate surface area is 240 Å². The Morgan fingerprint density at radius 1 is 0.619 bits per heavy atom. The first-order valence-corrected chi connectivity index (χ1v) is 14.7. The molecule has 4 unspecified atom stereocenters. The van der Waals surface area contributed by atoms with E-state index in [4.69, 9.17) is 28.4 Å². The van der Waals surface area contributed by atoms with Crippen LogP contribution in [0.15, 0.2) is 20.5 Å². The molecule has 3 saturated heterocycles. The first kappa shape index (κ1) is 29.1. The minimum absolute atomic E-state index is 0.152. The van der Waals surface area contributed by atoms with E-state index in [2.05, 4.69) is 40.1 Å². The largest absolute Gasteiger partial charge is 0.347 e. The summed E-state index contributed by atoms with van der Waals surface area (Å²) < 4.78 is 38.5. The number of fused-ring (bicyclic) bond motifs is 2. The van der Waals surface area contributed by atoms with Gasteiger partial charge in [-0.15, -0.1) is 0 Å². The highest BCUT2D eigenvalue weighted by Gasteiger charge is 2.60. The Kier molecular flexibility index (Phi) is 8.53. The predicted octanol–water partition coefficient (Wildman–Crippen LogP) is 5.74. The summed E-state index contributed by atoms with van der Waals surface area (Å²) in [6.07, 6.45) is 3.83. The van der Waals surface area contributed by atoms with Crippen molar-refractivity contribution in [1.82, 2.24) is 0 Å². The fourth-order valence-corrected chi connectivity index (χ4v) is 7.49. The van der Waals surface area contributed by atoms with Gasteiger partial charge in [-0.1, -0.05) is 33.3 Å². The summed E-state index contributed by atoms with van der Waals surface area (Å²) in [5, 5.41) is 15.9. The lowest BCUT2D eigenvalue weighted by molar-refractivity contribution is -0.375. The monoisotopic (exact) mass is 586 g/mol. The summed E-state index contributed by atoms with van der Waals surface area (Å²) in [4.78, 5) is 12.0. The van der Waals surface area contributed by atoms with Crippen molar-refractivity contribution in [2.45, 2.75) is 143 Å². The van der Waals surface area contributed by atoms with Crippen molar-refractivity contribution in [1.29, 1.82) is 0 Å². The van der Waals surface area contributed by atoms with Gasteiger partial charge in [-0.3, -0.25) is 0 Å². The van der Waals surface area contributed by atoms with Gasteiger partial charge in [-0.2, -0.15) is 0 Å². The standard InChI is InChI=1S/C24H34N12O6/c25-33-29-13-11-14(30-34-26)19-21(42-24(40-19)9-5-2-6-10-24)18(13)39-22-17(32-36-28)16(31-35-27)20-15(38-22)12-37-23(41-20)7-3-1-4-8-23/h13-22H,1-12H2/t13?,14-,15?,16-,17?,18+,19?,20+,21+,22+/m1/s1. The van der Waals surface area contributed by atoms with Gasteiger partial charge in [0.25, 0.3) is 0 Å². The van der Waals surface area contributed by atoms with Gasteiger partial charge in [0, 0.05) is 45.3 Å². The van der Waals surface area contributed by atoms with Crippen LogP contribution in [0, 0.1) is 0 Å². The van der Waals surface area contributed by atoms with Gasteiger partial charge in [0.1, 0.15) is 12.2 Å². The highest BCUT2D eigenvalue weighted by Crippen LogP contribution is 2.48. The summed E-state index contributed by atoms with van der Waals surface area (Å²) >= 11 is 0. The summed E-state index contributed by atoms with van der Waals surface area (Å²) in [5.74, 6) is -1.66. The molecule has 3 heterocycles. The first-order valence-electron chi connectivity index (χ1n) is 14.7. The number of nitrogens with zero attached hydrogens (tertiary/aromatic N) is 12. The Hall–Kier alpha value is -3.00. The average Bonchev–Trinajstić information content (AvgIpc) is 3.36. The van der Waals surface area contributed by atoms with E-state index in [-0.39, 0.29) is 13.0 Å². The second-order valence-corrected chi connectivity index (χ2v) is 11.8. The first-order chi connectivity index (χ1) is 20.5. The second kappa shape index (κ2) is 12.3. The smallest absolute Gasteiger partial charge is 0.169 e. The van der Waals surface area contributed by atoms with Crippen LogP contribution in [-0.2, 0) is 28.4 Å². The van der Waals surface area contributed by atoms with Crippen molar-refractivity contribution in [2.24, 2.45) is 20.5 Å². The lowest BCUT2D eigenvalue weighted by Crippen LogP contribution is -2.66. The molecule has 6 fully saturated rings. The van der Waals surface area contributed by atoms with E-state index in [9.17, 15) is 22.1 Å². The zero-order chi connectivity index (χ0) is 29.2. The molecule has 2 spiro atoms. The number of hydrogen-bond acceptors (Lipinski definition) is 10. The molecule has 0 aromatic heterocycles. The Morgan fingerprint density at radius 2 is 1.19 bits per heavy atom. The minimum atomic E-state index is -1.21. The molecule has 226 valence electrons. The van der Waals surface area contributed by atoms with Gasteiger partial charge in [0.15, 0.2) is 17.9 Å². The average molecular weight is 587 g/mol. The molecule has 0 bridgehead atoms. The maximum Gasteiger partial charge on any atom is 0.169 e. The Bertz CT molecular complexity index is 1200. The molecule has 0 aromatic carbocycles. The van der Waals surface area contributed by atoms with E-state index in [0.717, 1.165) is 38.5 Å². The van der Waals surface area contributed by atoms with Crippen LogP contribution in [-0.4, -0.2) is 79.2 Å². The molecule has 18 nitrogen and oxygen atoms in total. The maximum atomic E-state index is 9.50. The number of rotatable bonds is 6. The van der Waals surface area contributed by atoms with Crippen LogP contribution in [0.3, 0.4) is 0 Å². The van der Waals surface area contributed by atoms with Crippen molar-refractivity contribution in [3.05, 3.63) is 41.8 Å². The number of ether oxygens (including phenoxy) is 6. The quantitative estimate of drug-likeness (QED) is 0.213. The van der Waals surface area contributed by atoms with E-state index >= 15 is 0 Å². The van der Waals surface area contributed by atoms with Crippen molar-refractivity contribution in [3.63, 3.8) is 0 Å². The van der Waals surface area contributed by atoms with Crippen LogP contribution in [0.4, 0.5) is 0 Å². The minimum Gasteiger partial charge on any atom is -0.347 e. The zero-order valence-corrected chi connectivity index (χ0v) is 23.1. The molecule has 3 saturated carbocycles. The fourth-order valence-electron chi connectivity index (χ4n) is 7.49. The summed E-state index contributed by atoms with van der Waals surface area (Å²) in [5.41, 5.74) is 37.6. The third kappa shape index (κ3) is 5.43. The molecule has 0 amide bonds. The summed E-state index contributed by atoms with van der Waals surface area (Å²) in [7, 11) is 0. The molecule has 3 aliphatic heterocycles. The van der Waals surface area contributed by atoms with Crippen LogP contribution in [0.2, 0.25) is 0 Å². The molecular formula is C24H34N12O6. The Morgan fingerprint density at radius 3 is 1.86 bits per heavy atom. The highest BCUT2D eigenvalue weighted by molar-refractivity contribution is 5.08. The second-order valence-electron chi connectivity index (χ2n) is 11.8. The fraction of sp³-hybridized carbons (Fsp3) is 1.00. The normalized spacial score (nSPS) is 41.6. The van der Waals surface area contributed by atoms with Gasteiger partial charge < -0.3 is 28.4 Å². The van der Waals surface area contributed by atoms with E-state index in [1.165, 1.54) is 0 Å². The lowest BCUT2D eigenvalue weighted by Gasteiger charge is -2.52. The molecule has 0 N–H and O–H groups in total. The highest BCUT2D eigenvalue weighted by atomic mass is 16.8. The summed E-state index contributed by atoms with van der Waals surface area (Å²) in [6, 6.07) is -3.51. The molecule has 6 rings (SSSR count). The van der Waals surface area contributed by atoms with Gasteiger partial charge in [-0.05, 0) is 54.2 Å². The van der Waals surface area contributed by atoms with Crippen LogP contribution in [0.25, 0.3) is 41.8 Å². The molecule has 3 aliphatic carbocycles. The third-order valence-electron chi connectivity index (χ3n) is 9.38. The van der Waals surface area contributed by atoms with Gasteiger partial charge in [-0.25, -0.2) is 0 Å². The molecule has 42 heavy (non-hydrogen) atoms. The van der Waals surface area contributed by atoms with E-state index in [1.54, 1.807) is 0 Å². The third-order valence-corrected chi connectivity index (χ3v) is 9.38. The van der Waals surface area contributed by atoms with Crippen molar-refractivity contribution < 1.29 is 28.4 Å². The molecule has 10 atom stereocenters.